The van der Waals surface area contributed by atoms with Crippen molar-refractivity contribution in [1.29, 1.82) is 0 Å². The third-order valence-corrected chi connectivity index (χ3v) is 2.97. The first-order chi connectivity index (χ1) is 7.72. The summed E-state index contributed by atoms with van der Waals surface area (Å²) in [6, 6.07) is 8.18. The minimum Gasteiger partial charge on any atom is -0.449 e. The lowest BCUT2D eigenvalue weighted by atomic mass is 10.0. The summed E-state index contributed by atoms with van der Waals surface area (Å²) in [5.41, 5.74) is 7.78. The quantitative estimate of drug-likeness (QED) is 0.824. The number of amides is 1. The Bertz CT molecular complexity index is 375. The van der Waals surface area contributed by atoms with Crippen LogP contribution in [0.2, 0.25) is 0 Å². The molecule has 0 spiro atoms. The molecule has 1 atom stereocenters. The van der Waals surface area contributed by atoms with Gasteiger partial charge in [-0.2, -0.15) is 0 Å². The van der Waals surface area contributed by atoms with Crippen molar-refractivity contribution in [3.63, 3.8) is 0 Å². The minimum absolute atomic E-state index is 0.119. The van der Waals surface area contributed by atoms with Crippen LogP contribution in [0.4, 0.5) is 4.79 Å². The van der Waals surface area contributed by atoms with Crippen molar-refractivity contribution in [3.8, 4) is 0 Å². The van der Waals surface area contributed by atoms with Gasteiger partial charge in [0.1, 0.15) is 0 Å². The first-order valence-electron chi connectivity index (χ1n) is 5.41. The Kier molecular flexibility index (Phi) is 3.10. The predicted octanol–water partition coefficient (Wildman–Crippen LogP) is 1.66. The second-order valence-electron chi connectivity index (χ2n) is 3.98. The Morgan fingerprint density at radius 2 is 2.12 bits per heavy atom. The summed E-state index contributed by atoms with van der Waals surface area (Å²) in [5, 5.41) is 0. The molecule has 0 aliphatic carbocycles. The van der Waals surface area contributed by atoms with Crippen molar-refractivity contribution < 1.29 is 9.53 Å². The smallest absolute Gasteiger partial charge is 0.410 e. The van der Waals surface area contributed by atoms with Gasteiger partial charge in [0.25, 0.3) is 0 Å². The number of nitrogens with two attached hydrogens (primary N) is 1. The first-order valence-corrected chi connectivity index (χ1v) is 5.41. The van der Waals surface area contributed by atoms with Crippen LogP contribution in [0.25, 0.3) is 0 Å². The van der Waals surface area contributed by atoms with Gasteiger partial charge >= 0.3 is 6.09 Å². The molecule has 1 aromatic carbocycles. The van der Waals surface area contributed by atoms with Gasteiger partial charge in [-0.15, -0.1) is 0 Å². The average Bonchev–Trinajstić information content (AvgIpc) is 2.33. The molecule has 1 amide bonds. The lowest BCUT2D eigenvalue weighted by molar-refractivity contribution is 0.0559. The molecule has 4 nitrogen and oxygen atoms in total. The zero-order valence-electron chi connectivity index (χ0n) is 9.35. The summed E-state index contributed by atoms with van der Waals surface area (Å²) in [5.74, 6) is 0. The molecule has 4 heteroatoms. The van der Waals surface area contributed by atoms with Gasteiger partial charge in [0.2, 0.25) is 0 Å². The highest BCUT2D eigenvalue weighted by atomic mass is 16.6. The van der Waals surface area contributed by atoms with Crippen molar-refractivity contribution in [2.24, 2.45) is 5.73 Å². The molecule has 0 radical (unpaired) electrons. The van der Waals surface area contributed by atoms with E-state index in [1.54, 1.807) is 11.9 Å². The summed E-state index contributed by atoms with van der Waals surface area (Å²) >= 11 is 0. The number of carbonyl (C=O) groups is 1. The largest absolute Gasteiger partial charge is 0.449 e. The third-order valence-electron chi connectivity index (χ3n) is 2.97. The van der Waals surface area contributed by atoms with Gasteiger partial charge in [0.05, 0.1) is 12.6 Å². The highest BCUT2D eigenvalue weighted by Gasteiger charge is 2.27. The molecule has 1 aromatic rings. The molecular formula is C12H16N2O2. The van der Waals surface area contributed by atoms with Crippen molar-refractivity contribution in [2.45, 2.75) is 19.0 Å². The number of rotatable bonds is 2. The summed E-state index contributed by atoms with van der Waals surface area (Å²) in [6.07, 6.45) is 0.587. The standard InChI is InChI=1S/C12H16N2O2/c1-14-11(6-7-16-12(14)15)10-4-2-9(8-13)3-5-10/h2-5,11H,6-8,13H2,1H3. The van der Waals surface area contributed by atoms with Gasteiger partial charge in [-0.3, -0.25) is 0 Å². The SMILES string of the molecule is CN1C(=O)OCCC1c1ccc(CN)cc1. The molecule has 86 valence electrons. The molecule has 1 aliphatic rings. The van der Waals surface area contributed by atoms with E-state index in [0.29, 0.717) is 13.2 Å². The Morgan fingerprint density at radius 1 is 1.44 bits per heavy atom. The van der Waals surface area contributed by atoms with Crippen LogP contribution in [0, 0.1) is 0 Å². The molecule has 1 fully saturated rings. The predicted molar refractivity (Wildman–Crippen MR) is 60.8 cm³/mol. The van der Waals surface area contributed by atoms with E-state index in [-0.39, 0.29) is 12.1 Å². The second-order valence-corrected chi connectivity index (χ2v) is 3.98. The van der Waals surface area contributed by atoms with Crippen molar-refractivity contribution in [3.05, 3.63) is 35.4 Å². The van der Waals surface area contributed by atoms with E-state index in [4.69, 9.17) is 10.5 Å². The highest BCUT2D eigenvalue weighted by Crippen LogP contribution is 2.27. The van der Waals surface area contributed by atoms with Crippen LogP contribution in [0.1, 0.15) is 23.6 Å². The van der Waals surface area contributed by atoms with Gasteiger partial charge < -0.3 is 15.4 Å². The molecule has 0 saturated carbocycles. The second kappa shape index (κ2) is 4.53. The summed E-state index contributed by atoms with van der Waals surface area (Å²) in [6.45, 7) is 1.04. The van der Waals surface area contributed by atoms with Crippen molar-refractivity contribution >= 4 is 6.09 Å². The van der Waals surface area contributed by atoms with Gasteiger partial charge in [0.15, 0.2) is 0 Å². The van der Waals surface area contributed by atoms with E-state index in [0.717, 1.165) is 17.5 Å². The van der Waals surface area contributed by atoms with E-state index >= 15 is 0 Å². The average molecular weight is 220 g/mol. The maximum atomic E-state index is 11.4. The van der Waals surface area contributed by atoms with Crippen LogP contribution < -0.4 is 5.73 Å². The fraction of sp³-hybridized carbons (Fsp3) is 0.417. The molecular weight excluding hydrogens is 204 g/mol. The zero-order valence-corrected chi connectivity index (χ0v) is 9.35. The Hall–Kier alpha value is -1.55. The van der Waals surface area contributed by atoms with Crippen LogP contribution >= 0.6 is 0 Å². The van der Waals surface area contributed by atoms with Gasteiger partial charge in [-0.05, 0) is 11.1 Å². The summed E-state index contributed by atoms with van der Waals surface area (Å²) < 4.78 is 4.95. The van der Waals surface area contributed by atoms with Crippen LogP contribution in [0.3, 0.4) is 0 Å². The van der Waals surface area contributed by atoms with Gasteiger partial charge in [-0.1, -0.05) is 24.3 Å². The Labute approximate surface area is 95.0 Å². The molecule has 0 bridgehead atoms. The normalized spacial score (nSPS) is 20.8. The fourth-order valence-corrected chi connectivity index (χ4v) is 1.95. The summed E-state index contributed by atoms with van der Waals surface area (Å²) in [7, 11) is 1.77. The molecule has 16 heavy (non-hydrogen) atoms. The molecule has 1 saturated heterocycles. The van der Waals surface area contributed by atoms with Gasteiger partial charge in [0, 0.05) is 20.0 Å². The van der Waals surface area contributed by atoms with Crippen molar-refractivity contribution in [2.75, 3.05) is 13.7 Å². The lowest BCUT2D eigenvalue weighted by Gasteiger charge is -2.32. The lowest BCUT2D eigenvalue weighted by Crippen LogP contribution is -2.37. The van der Waals surface area contributed by atoms with Crippen LogP contribution in [0.5, 0.6) is 0 Å². The van der Waals surface area contributed by atoms with Crippen molar-refractivity contribution in [1.82, 2.24) is 4.90 Å². The van der Waals surface area contributed by atoms with E-state index < -0.39 is 0 Å². The molecule has 1 aliphatic heterocycles. The van der Waals surface area contributed by atoms with Crippen LogP contribution in [-0.4, -0.2) is 24.6 Å². The maximum Gasteiger partial charge on any atom is 0.410 e. The number of benzene rings is 1. The van der Waals surface area contributed by atoms with E-state index in [1.807, 2.05) is 24.3 Å². The van der Waals surface area contributed by atoms with Crippen LogP contribution in [0.15, 0.2) is 24.3 Å². The number of ether oxygens (including phenoxy) is 1. The van der Waals surface area contributed by atoms with Gasteiger partial charge in [-0.25, -0.2) is 4.79 Å². The fourth-order valence-electron chi connectivity index (χ4n) is 1.95. The molecule has 1 unspecified atom stereocenters. The van der Waals surface area contributed by atoms with E-state index in [9.17, 15) is 4.79 Å². The minimum atomic E-state index is -0.251. The summed E-state index contributed by atoms with van der Waals surface area (Å²) in [4.78, 5) is 13.0. The first kappa shape index (κ1) is 11.0. The van der Waals surface area contributed by atoms with E-state index in [1.165, 1.54) is 0 Å². The monoisotopic (exact) mass is 220 g/mol. The number of hydrogen-bond acceptors (Lipinski definition) is 3. The number of nitrogens with zero attached hydrogens (tertiary/aromatic N) is 1. The Balaban J connectivity index is 2.19. The number of hydrogen-bond donors (Lipinski definition) is 1. The highest BCUT2D eigenvalue weighted by molar-refractivity contribution is 5.68. The number of cyclic esters (lactones) is 1. The zero-order chi connectivity index (χ0) is 11.5. The topological polar surface area (TPSA) is 55.6 Å². The molecule has 0 aromatic heterocycles. The molecule has 2 rings (SSSR count). The van der Waals surface area contributed by atoms with E-state index in [2.05, 4.69) is 0 Å². The third kappa shape index (κ3) is 2.02. The Morgan fingerprint density at radius 3 is 2.75 bits per heavy atom. The molecule has 1 heterocycles. The molecule has 2 N–H and O–H groups in total. The maximum absolute atomic E-state index is 11.4. The van der Waals surface area contributed by atoms with Crippen LogP contribution in [-0.2, 0) is 11.3 Å². The number of carbonyl (C=O) groups excluding carboxylic acids is 1.